The number of carbonyl (C=O) groups is 1. The van der Waals surface area contributed by atoms with Crippen molar-refractivity contribution in [1.29, 1.82) is 0 Å². The molecule has 0 atom stereocenters. The summed E-state index contributed by atoms with van der Waals surface area (Å²) in [7, 11) is 2.00. The van der Waals surface area contributed by atoms with E-state index in [0.29, 0.717) is 18.9 Å². The first-order valence-corrected chi connectivity index (χ1v) is 12.2. The summed E-state index contributed by atoms with van der Waals surface area (Å²) in [5.74, 6) is 0.576. The normalized spacial score (nSPS) is 14.0. The molecule has 8 nitrogen and oxygen atoms in total. The molecular weight excluding hydrogens is 454 g/mol. The van der Waals surface area contributed by atoms with Crippen molar-refractivity contribution in [3.8, 4) is 16.9 Å². The summed E-state index contributed by atoms with van der Waals surface area (Å²) in [6, 6.07) is 11.3. The number of aromatic nitrogens is 4. The molecule has 5 rings (SSSR count). The van der Waals surface area contributed by atoms with Gasteiger partial charge in [0.05, 0.1) is 0 Å². The predicted octanol–water partition coefficient (Wildman–Crippen LogP) is 4.43. The number of amides is 1. The minimum atomic E-state index is -0.517. The van der Waals surface area contributed by atoms with Gasteiger partial charge in [0.1, 0.15) is 17.1 Å². The molecule has 4 aromatic heterocycles. The highest BCUT2D eigenvalue weighted by Crippen LogP contribution is 2.29. The van der Waals surface area contributed by atoms with Gasteiger partial charge in [-0.25, -0.2) is 9.78 Å². The third-order valence-corrected chi connectivity index (χ3v) is 6.57. The van der Waals surface area contributed by atoms with Gasteiger partial charge in [0.15, 0.2) is 0 Å². The fourth-order valence-corrected chi connectivity index (χ4v) is 4.74. The van der Waals surface area contributed by atoms with Gasteiger partial charge in [-0.3, -0.25) is 14.3 Å². The lowest BCUT2D eigenvalue weighted by Gasteiger charge is -2.26. The van der Waals surface area contributed by atoms with Crippen molar-refractivity contribution in [3.63, 3.8) is 0 Å². The number of hydrogen-bond donors (Lipinski definition) is 0. The SMILES string of the molecule is Cc1ccc(-c2ccn(-c3ccc4c5c(n(C)c4n3)CCN(C(=O)OC(C)(C)C)CC5)c(=O)c2)cn1. The van der Waals surface area contributed by atoms with Crippen molar-refractivity contribution in [2.24, 2.45) is 7.05 Å². The molecule has 0 unspecified atom stereocenters. The number of rotatable bonds is 2. The molecule has 8 heteroatoms. The number of pyridine rings is 3. The van der Waals surface area contributed by atoms with Crippen LogP contribution in [0.1, 0.15) is 37.7 Å². The van der Waals surface area contributed by atoms with Crippen LogP contribution in [-0.2, 0) is 24.6 Å². The van der Waals surface area contributed by atoms with Gasteiger partial charge in [0, 0.05) is 67.4 Å². The number of aryl methyl sites for hydroxylation is 2. The molecule has 0 radical (unpaired) electrons. The van der Waals surface area contributed by atoms with Crippen molar-refractivity contribution < 1.29 is 9.53 Å². The van der Waals surface area contributed by atoms with Crippen LogP contribution in [0.25, 0.3) is 28.0 Å². The first kappa shape index (κ1) is 23.8. The third kappa shape index (κ3) is 4.51. The Morgan fingerprint density at radius 3 is 2.50 bits per heavy atom. The Kier molecular flexibility index (Phi) is 5.90. The fraction of sp³-hybridized carbons (Fsp3) is 0.357. The zero-order valence-electron chi connectivity index (χ0n) is 21.4. The van der Waals surface area contributed by atoms with E-state index in [0.717, 1.165) is 46.4 Å². The summed E-state index contributed by atoms with van der Waals surface area (Å²) >= 11 is 0. The predicted molar refractivity (Wildman–Crippen MR) is 139 cm³/mol. The number of carbonyl (C=O) groups excluding carboxylic acids is 1. The molecule has 0 aromatic carbocycles. The average molecular weight is 486 g/mol. The number of ether oxygens (including phenoxy) is 1. The molecule has 4 aromatic rings. The van der Waals surface area contributed by atoms with E-state index < -0.39 is 5.60 Å². The Hall–Kier alpha value is -3.94. The van der Waals surface area contributed by atoms with Crippen LogP contribution in [0.4, 0.5) is 4.79 Å². The Morgan fingerprint density at radius 2 is 1.81 bits per heavy atom. The number of hydrogen-bond acceptors (Lipinski definition) is 5. The zero-order valence-corrected chi connectivity index (χ0v) is 21.4. The van der Waals surface area contributed by atoms with E-state index in [9.17, 15) is 9.59 Å². The average Bonchev–Trinajstić information content (AvgIpc) is 2.96. The van der Waals surface area contributed by atoms with Crippen LogP contribution in [0, 0.1) is 6.92 Å². The Labute approximate surface area is 210 Å². The van der Waals surface area contributed by atoms with Crippen LogP contribution in [0.2, 0.25) is 0 Å². The first-order valence-electron chi connectivity index (χ1n) is 12.2. The van der Waals surface area contributed by atoms with Gasteiger partial charge in [0.25, 0.3) is 5.56 Å². The molecule has 1 aliphatic heterocycles. The van der Waals surface area contributed by atoms with E-state index in [4.69, 9.17) is 9.72 Å². The molecule has 186 valence electrons. The molecule has 0 N–H and O–H groups in total. The monoisotopic (exact) mass is 485 g/mol. The molecule has 0 bridgehead atoms. The highest BCUT2D eigenvalue weighted by molar-refractivity contribution is 5.83. The summed E-state index contributed by atoms with van der Waals surface area (Å²) in [5.41, 5.74) is 5.19. The van der Waals surface area contributed by atoms with Crippen LogP contribution < -0.4 is 5.56 Å². The van der Waals surface area contributed by atoms with Crippen molar-refractivity contribution >= 4 is 17.1 Å². The maximum Gasteiger partial charge on any atom is 0.410 e. The molecule has 0 aliphatic carbocycles. The molecule has 0 saturated carbocycles. The standard InChI is InChI=1S/C28H31N5O3/c1-18-6-7-20(17-29-18)19-10-15-33(25(34)16-19)24-9-8-22-21-11-13-32(27(35)36-28(2,3)4)14-12-23(21)31(5)26(22)30-24/h6-10,15-17H,11-14H2,1-5H3. The molecule has 0 spiro atoms. The van der Waals surface area contributed by atoms with E-state index in [1.54, 1.807) is 27.9 Å². The lowest BCUT2D eigenvalue weighted by atomic mass is 10.1. The zero-order chi connectivity index (χ0) is 25.6. The largest absolute Gasteiger partial charge is 0.444 e. The van der Waals surface area contributed by atoms with Crippen LogP contribution in [-0.4, -0.2) is 48.8 Å². The summed E-state index contributed by atoms with van der Waals surface area (Å²) in [5, 5.41) is 1.05. The van der Waals surface area contributed by atoms with Crippen molar-refractivity contribution in [3.05, 3.63) is 76.1 Å². The van der Waals surface area contributed by atoms with E-state index in [1.807, 2.05) is 65.1 Å². The highest BCUT2D eigenvalue weighted by Gasteiger charge is 2.27. The van der Waals surface area contributed by atoms with Crippen LogP contribution in [0.3, 0.4) is 0 Å². The molecular formula is C28H31N5O3. The molecule has 1 aliphatic rings. The Balaban J connectivity index is 1.44. The molecule has 1 amide bonds. The topological polar surface area (TPSA) is 82.3 Å². The van der Waals surface area contributed by atoms with Crippen molar-refractivity contribution in [2.45, 2.75) is 46.1 Å². The second kappa shape index (κ2) is 8.93. The Morgan fingerprint density at radius 1 is 1.03 bits per heavy atom. The summed E-state index contributed by atoms with van der Waals surface area (Å²) in [6.45, 7) is 8.77. The van der Waals surface area contributed by atoms with Gasteiger partial charge < -0.3 is 14.2 Å². The molecule has 0 fully saturated rings. The first-order chi connectivity index (χ1) is 17.1. The van der Waals surface area contributed by atoms with Gasteiger partial charge in [-0.05, 0) is 69.5 Å². The lowest BCUT2D eigenvalue weighted by molar-refractivity contribution is 0.0258. The van der Waals surface area contributed by atoms with Crippen molar-refractivity contribution in [1.82, 2.24) is 24.0 Å². The summed E-state index contributed by atoms with van der Waals surface area (Å²) < 4.78 is 9.23. The van der Waals surface area contributed by atoms with Crippen LogP contribution >= 0.6 is 0 Å². The van der Waals surface area contributed by atoms with Gasteiger partial charge in [-0.15, -0.1) is 0 Å². The van der Waals surface area contributed by atoms with E-state index in [-0.39, 0.29) is 11.7 Å². The maximum absolute atomic E-state index is 13.0. The smallest absolute Gasteiger partial charge is 0.410 e. The van der Waals surface area contributed by atoms with Gasteiger partial charge in [-0.2, -0.15) is 0 Å². The molecule has 36 heavy (non-hydrogen) atoms. The highest BCUT2D eigenvalue weighted by atomic mass is 16.6. The number of nitrogens with zero attached hydrogens (tertiary/aromatic N) is 5. The molecule has 5 heterocycles. The summed E-state index contributed by atoms with van der Waals surface area (Å²) in [4.78, 5) is 36.6. The Bertz CT molecular complexity index is 1510. The minimum absolute atomic E-state index is 0.149. The summed E-state index contributed by atoms with van der Waals surface area (Å²) in [6.07, 6.45) is 4.71. The van der Waals surface area contributed by atoms with Gasteiger partial charge >= 0.3 is 6.09 Å². The van der Waals surface area contributed by atoms with Gasteiger partial charge in [0.2, 0.25) is 0 Å². The minimum Gasteiger partial charge on any atom is -0.444 e. The van der Waals surface area contributed by atoms with Gasteiger partial charge in [-0.1, -0.05) is 6.07 Å². The second-order valence-electron chi connectivity index (χ2n) is 10.3. The maximum atomic E-state index is 13.0. The van der Waals surface area contributed by atoms with E-state index in [2.05, 4.69) is 9.55 Å². The second-order valence-corrected chi connectivity index (χ2v) is 10.3. The van der Waals surface area contributed by atoms with E-state index in [1.165, 1.54) is 5.56 Å². The molecule has 0 saturated heterocycles. The van der Waals surface area contributed by atoms with E-state index >= 15 is 0 Å². The quantitative estimate of drug-likeness (QED) is 0.420. The lowest BCUT2D eigenvalue weighted by Crippen LogP contribution is -2.38. The third-order valence-electron chi connectivity index (χ3n) is 6.57. The van der Waals surface area contributed by atoms with Crippen LogP contribution in [0.5, 0.6) is 0 Å². The van der Waals surface area contributed by atoms with Crippen molar-refractivity contribution in [2.75, 3.05) is 13.1 Å². The fourth-order valence-electron chi connectivity index (χ4n) is 4.74. The number of fused-ring (bicyclic) bond motifs is 3. The van der Waals surface area contributed by atoms with Crippen LogP contribution in [0.15, 0.2) is 53.6 Å².